The molecule has 0 aliphatic carbocycles. The van der Waals surface area contributed by atoms with Gasteiger partial charge in [-0.2, -0.15) is 11.8 Å². The predicted molar refractivity (Wildman–Crippen MR) is 257 cm³/mol. The first-order chi connectivity index (χ1) is 33.4. The van der Waals surface area contributed by atoms with Crippen molar-refractivity contribution < 1.29 is 71.5 Å². The van der Waals surface area contributed by atoms with Crippen molar-refractivity contribution in [2.45, 2.75) is 122 Å². The lowest BCUT2D eigenvalue weighted by Crippen LogP contribution is -2.36. The summed E-state index contributed by atoms with van der Waals surface area (Å²) in [4.78, 5) is 89.3. The Morgan fingerprint density at radius 3 is 1.64 bits per heavy atom. The zero-order valence-corrected chi connectivity index (χ0v) is 41.2. The molecule has 69 heavy (non-hydrogen) atoms. The van der Waals surface area contributed by atoms with Crippen LogP contribution in [0.5, 0.6) is 23.0 Å². The summed E-state index contributed by atoms with van der Waals surface area (Å²) < 4.78 is 44.8. The molecule has 2 heterocycles. The number of nitrogens with one attached hydrogen (secondary N) is 4. The number of esters is 4. The molecular weight excluding hydrogens is 917 g/mol. The summed E-state index contributed by atoms with van der Waals surface area (Å²) in [6.07, 6.45) is 8.54. The van der Waals surface area contributed by atoms with Crippen LogP contribution in [0.2, 0.25) is 0 Å². The minimum absolute atomic E-state index is 0.0256. The highest BCUT2D eigenvalue weighted by molar-refractivity contribution is 8.00. The zero-order valence-electron chi connectivity index (χ0n) is 40.4. The van der Waals surface area contributed by atoms with E-state index in [1.807, 2.05) is 39.5 Å². The fraction of sp³-hybridized carbons (Fsp3) is 0.612. The SMILES string of the molecule is CCCCOC(=O)COc1cc(OCC(=O)OCCCC)cc(-c2cc(C(=O)NCCNC(=O)CCCC[C@@H]3SC[C@@H]4NC(=O)N[C@@H]43)c(OCC(=O)OCCCC)cc2OCC(=O)OCCCC)c1. The Balaban J connectivity index is 1.59. The summed E-state index contributed by atoms with van der Waals surface area (Å²) in [7, 11) is 0. The molecule has 19 nitrogen and oxygen atoms in total. The van der Waals surface area contributed by atoms with Crippen molar-refractivity contribution in [2.24, 2.45) is 0 Å². The molecule has 0 spiro atoms. The Morgan fingerprint density at radius 1 is 0.594 bits per heavy atom. The molecule has 2 aliphatic rings. The largest absolute Gasteiger partial charge is 0.482 e. The molecule has 20 heteroatoms. The van der Waals surface area contributed by atoms with Crippen molar-refractivity contribution in [3.05, 3.63) is 35.9 Å². The van der Waals surface area contributed by atoms with Crippen LogP contribution >= 0.6 is 11.8 Å². The van der Waals surface area contributed by atoms with Crippen LogP contribution in [-0.2, 0) is 42.9 Å². The Morgan fingerprint density at radius 2 is 1.10 bits per heavy atom. The van der Waals surface area contributed by atoms with Crippen LogP contribution < -0.4 is 40.2 Å². The number of hydrogen-bond donors (Lipinski definition) is 4. The van der Waals surface area contributed by atoms with Gasteiger partial charge in [-0.05, 0) is 62.3 Å². The topological polar surface area (TPSA) is 241 Å². The van der Waals surface area contributed by atoms with E-state index < -0.39 is 56.2 Å². The molecule has 4 rings (SSSR count). The minimum Gasteiger partial charge on any atom is -0.482 e. The lowest BCUT2D eigenvalue weighted by molar-refractivity contribution is -0.147. The summed E-state index contributed by atoms with van der Waals surface area (Å²) in [5, 5.41) is 11.9. The second kappa shape index (κ2) is 31.3. The fourth-order valence-electron chi connectivity index (χ4n) is 6.98. The van der Waals surface area contributed by atoms with Gasteiger partial charge in [0.2, 0.25) is 5.91 Å². The van der Waals surface area contributed by atoms with Crippen LogP contribution in [0, 0.1) is 0 Å². The monoisotopic (exact) mass is 986 g/mol. The van der Waals surface area contributed by atoms with Gasteiger partial charge in [-0.25, -0.2) is 24.0 Å². The molecule has 2 aromatic carbocycles. The van der Waals surface area contributed by atoms with Gasteiger partial charge in [-0.3, -0.25) is 9.59 Å². The molecule has 3 atom stereocenters. The first-order valence-corrected chi connectivity index (χ1v) is 25.2. The number of hydrogen-bond acceptors (Lipinski definition) is 16. The molecule has 2 saturated heterocycles. The molecule has 2 aromatic rings. The number of urea groups is 1. The Kier molecular flexibility index (Phi) is 25.2. The number of benzene rings is 2. The van der Waals surface area contributed by atoms with Gasteiger partial charge in [0.05, 0.1) is 44.1 Å². The van der Waals surface area contributed by atoms with Gasteiger partial charge in [0, 0.05) is 48.2 Å². The smallest absolute Gasteiger partial charge is 0.344 e. The Hall–Kier alpha value is -5.92. The van der Waals surface area contributed by atoms with E-state index >= 15 is 0 Å². The zero-order chi connectivity index (χ0) is 49.8. The van der Waals surface area contributed by atoms with E-state index in [4.69, 9.17) is 37.9 Å². The molecule has 382 valence electrons. The van der Waals surface area contributed by atoms with Crippen LogP contribution in [0.4, 0.5) is 4.79 Å². The summed E-state index contributed by atoms with van der Waals surface area (Å²) in [6, 6.07) is 7.45. The van der Waals surface area contributed by atoms with Gasteiger partial charge >= 0.3 is 29.9 Å². The van der Waals surface area contributed by atoms with Crippen molar-refractivity contribution in [3.63, 3.8) is 0 Å². The van der Waals surface area contributed by atoms with Crippen LogP contribution in [0.25, 0.3) is 11.1 Å². The summed E-state index contributed by atoms with van der Waals surface area (Å²) in [6.45, 7) is 6.77. The predicted octanol–water partition coefficient (Wildman–Crippen LogP) is 5.81. The van der Waals surface area contributed by atoms with Crippen LogP contribution in [0.1, 0.15) is 115 Å². The second-order valence-electron chi connectivity index (χ2n) is 16.5. The summed E-state index contributed by atoms with van der Waals surface area (Å²) >= 11 is 1.82. The standard InChI is InChI=1S/C49H70N4O15S/c1-5-9-19-61-43(55)28-65-34-23-33(24-35(25-34)66-29-44(56)62-20-10-6-2)36-26-37(40(68-31-46(58)64-22-12-8-4)27-39(36)67-30-45(57)63-21-11-7-3)48(59)51-18-17-50-42(54)16-14-13-15-41-47-38(32-69-41)52-49(60)53-47/h23-27,38,41,47H,5-22,28-32H2,1-4H3,(H,50,54)(H,51,59)(H2,52,53,60)/t38-,41-,47-/m0/s1. The van der Waals surface area contributed by atoms with Gasteiger partial charge in [0.25, 0.3) is 5.91 Å². The lowest BCUT2D eigenvalue weighted by atomic mass is 9.99. The van der Waals surface area contributed by atoms with E-state index in [-0.39, 0.29) is 97.7 Å². The van der Waals surface area contributed by atoms with Gasteiger partial charge in [0.15, 0.2) is 26.4 Å². The van der Waals surface area contributed by atoms with Crippen LogP contribution in [-0.4, -0.2) is 131 Å². The van der Waals surface area contributed by atoms with E-state index in [0.717, 1.165) is 44.3 Å². The van der Waals surface area contributed by atoms with Crippen LogP contribution in [0.15, 0.2) is 30.3 Å². The third kappa shape index (κ3) is 20.3. The normalized spacial score (nSPS) is 15.7. The van der Waals surface area contributed by atoms with E-state index in [0.29, 0.717) is 49.3 Å². The third-order valence-electron chi connectivity index (χ3n) is 10.8. The van der Waals surface area contributed by atoms with E-state index in [1.54, 1.807) is 12.1 Å². The molecule has 2 aliphatic heterocycles. The highest BCUT2D eigenvalue weighted by atomic mass is 32.2. The molecule has 2 fully saturated rings. The van der Waals surface area contributed by atoms with Gasteiger partial charge < -0.3 is 59.2 Å². The maximum Gasteiger partial charge on any atom is 0.344 e. The Bertz CT molecular complexity index is 1960. The van der Waals surface area contributed by atoms with Gasteiger partial charge in [0.1, 0.15) is 23.0 Å². The molecule has 0 saturated carbocycles. The van der Waals surface area contributed by atoms with E-state index in [9.17, 15) is 33.6 Å². The van der Waals surface area contributed by atoms with Gasteiger partial charge in [-0.15, -0.1) is 0 Å². The van der Waals surface area contributed by atoms with Gasteiger partial charge in [-0.1, -0.05) is 59.8 Å². The summed E-state index contributed by atoms with van der Waals surface area (Å²) in [5.41, 5.74) is 0.472. The molecular formula is C49H70N4O15S. The fourth-order valence-corrected chi connectivity index (χ4v) is 8.52. The van der Waals surface area contributed by atoms with Crippen molar-refractivity contribution in [1.29, 1.82) is 0 Å². The highest BCUT2D eigenvalue weighted by Gasteiger charge is 2.42. The first kappa shape index (κ1) is 55.7. The molecule has 0 radical (unpaired) electrons. The lowest BCUT2D eigenvalue weighted by Gasteiger charge is -2.19. The molecule has 0 aromatic heterocycles. The minimum atomic E-state index is -0.676. The molecule has 4 amide bonds. The number of unbranched alkanes of at least 4 members (excludes halogenated alkanes) is 5. The number of amides is 4. The Labute approximate surface area is 408 Å². The number of carbonyl (C=O) groups is 7. The van der Waals surface area contributed by atoms with Crippen molar-refractivity contribution in [1.82, 2.24) is 21.3 Å². The van der Waals surface area contributed by atoms with E-state index in [2.05, 4.69) is 21.3 Å². The van der Waals surface area contributed by atoms with Crippen molar-refractivity contribution >= 4 is 53.5 Å². The van der Waals surface area contributed by atoms with Crippen molar-refractivity contribution in [3.8, 4) is 34.1 Å². The number of fused-ring (bicyclic) bond motifs is 1. The number of carbonyl (C=O) groups excluding carboxylic acids is 7. The maximum atomic E-state index is 14.1. The van der Waals surface area contributed by atoms with E-state index in [1.165, 1.54) is 18.2 Å². The maximum absolute atomic E-state index is 14.1. The van der Waals surface area contributed by atoms with Crippen molar-refractivity contribution in [2.75, 3.05) is 71.7 Å². The van der Waals surface area contributed by atoms with Crippen LogP contribution in [0.3, 0.4) is 0 Å². The molecule has 0 unspecified atom stereocenters. The summed E-state index contributed by atoms with van der Waals surface area (Å²) in [5.74, 6) is -2.31. The number of rotatable bonds is 34. The second-order valence-corrected chi connectivity index (χ2v) is 17.7. The molecule has 0 bridgehead atoms. The highest BCUT2D eigenvalue weighted by Crippen LogP contribution is 2.40. The quantitative estimate of drug-likeness (QED) is 0.0280. The third-order valence-corrected chi connectivity index (χ3v) is 12.3. The average Bonchev–Trinajstić information content (AvgIpc) is 3.90. The number of ether oxygens (including phenoxy) is 8. The number of thioether (sulfide) groups is 1. The molecule has 4 N–H and O–H groups in total. The first-order valence-electron chi connectivity index (χ1n) is 24.1. The average molecular weight is 987 g/mol.